The van der Waals surface area contributed by atoms with Gasteiger partial charge in [-0.3, -0.25) is 0 Å². The van der Waals surface area contributed by atoms with E-state index in [0.29, 0.717) is 12.0 Å². The molecule has 3 heteroatoms. The highest BCUT2D eigenvalue weighted by atomic mass is 15.1. The summed E-state index contributed by atoms with van der Waals surface area (Å²) in [7, 11) is 0. The van der Waals surface area contributed by atoms with E-state index in [4.69, 9.17) is 0 Å². The number of anilines is 1. The van der Waals surface area contributed by atoms with Crippen LogP contribution in [0.25, 0.3) is 0 Å². The lowest BCUT2D eigenvalue weighted by Crippen LogP contribution is -2.51. The molecule has 0 aliphatic carbocycles. The first kappa shape index (κ1) is 10.4. The van der Waals surface area contributed by atoms with Crippen molar-refractivity contribution in [3.8, 4) is 0 Å². The molecule has 2 rings (SSSR count). The van der Waals surface area contributed by atoms with E-state index in [1.54, 1.807) is 0 Å². The summed E-state index contributed by atoms with van der Waals surface area (Å²) in [6, 6.07) is 2.73. The molecule has 0 bridgehead atoms. The Morgan fingerprint density at radius 3 is 2.73 bits per heavy atom. The van der Waals surface area contributed by atoms with E-state index in [1.165, 1.54) is 11.1 Å². The third kappa shape index (κ3) is 2.29. The zero-order valence-corrected chi connectivity index (χ0v) is 9.67. The Kier molecular flexibility index (Phi) is 2.91. The summed E-state index contributed by atoms with van der Waals surface area (Å²) in [4.78, 5) is 4.40. The number of aryl methyl sites for hydroxylation is 1. The zero-order valence-electron chi connectivity index (χ0n) is 9.67. The molecule has 3 nitrogen and oxygen atoms in total. The van der Waals surface area contributed by atoms with Crippen molar-refractivity contribution in [2.75, 3.05) is 18.4 Å². The molecule has 1 aromatic rings. The van der Waals surface area contributed by atoms with Crippen LogP contribution in [0.2, 0.25) is 0 Å². The Bertz CT molecular complexity index is 343. The average molecular weight is 205 g/mol. The largest absolute Gasteiger partial charge is 0.365 e. The Hall–Kier alpha value is -1.09. The van der Waals surface area contributed by atoms with Crippen LogP contribution < -0.4 is 10.6 Å². The van der Waals surface area contributed by atoms with Gasteiger partial charge in [0.15, 0.2) is 0 Å². The van der Waals surface area contributed by atoms with Gasteiger partial charge >= 0.3 is 0 Å². The summed E-state index contributed by atoms with van der Waals surface area (Å²) < 4.78 is 0. The van der Waals surface area contributed by atoms with Crippen molar-refractivity contribution in [3.05, 3.63) is 23.4 Å². The second kappa shape index (κ2) is 4.19. The standard InChI is InChI=1S/C12H19N3/c1-8(2)11-4-12(14-5-9(11)3)15-10-6-13-7-10/h4-5,8,10,13H,6-7H2,1-3H3,(H,14,15). The minimum Gasteiger partial charge on any atom is -0.365 e. The van der Waals surface area contributed by atoms with Crippen LogP contribution in [-0.2, 0) is 0 Å². The van der Waals surface area contributed by atoms with E-state index in [0.717, 1.165) is 18.9 Å². The van der Waals surface area contributed by atoms with Crippen LogP contribution in [0.3, 0.4) is 0 Å². The fourth-order valence-electron chi connectivity index (χ4n) is 1.84. The van der Waals surface area contributed by atoms with Gasteiger partial charge in [0.05, 0.1) is 6.04 Å². The smallest absolute Gasteiger partial charge is 0.126 e. The number of hydrogen-bond acceptors (Lipinski definition) is 3. The van der Waals surface area contributed by atoms with Gasteiger partial charge in [-0.25, -0.2) is 4.98 Å². The first-order valence-corrected chi connectivity index (χ1v) is 5.60. The molecule has 1 aromatic heterocycles. The summed E-state index contributed by atoms with van der Waals surface area (Å²) in [5.41, 5.74) is 2.67. The van der Waals surface area contributed by atoms with Crippen LogP contribution in [0.1, 0.15) is 30.9 Å². The summed E-state index contributed by atoms with van der Waals surface area (Å²) in [5, 5.41) is 6.67. The number of aromatic nitrogens is 1. The molecule has 2 heterocycles. The summed E-state index contributed by atoms with van der Waals surface area (Å²) in [6.45, 7) is 8.66. The van der Waals surface area contributed by atoms with E-state index in [1.807, 2.05) is 6.20 Å². The molecule has 0 aromatic carbocycles. The third-order valence-corrected chi connectivity index (χ3v) is 2.90. The van der Waals surface area contributed by atoms with Crippen molar-refractivity contribution in [1.82, 2.24) is 10.3 Å². The van der Waals surface area contributed by atoms with E-state index >= 15 is 0 Å². The van der Waals surface area contributed by atoms with Gasteiger partial charge < -0.3 is 10.6 Å². The van der Waals surface area contributed by atoms with Crippen molar-refractivity contribution in [3.63, 3.8) is 0 Å². The highest BCUT2D eigenvalue weighted by molar-refractivity contribution is 5.43. The summed E-state index contributed by atoms with van der Waals surface area (Å²) >= 11 is 0. The maximum atomic E-state index is 4.40. The number of rotatable bonds is 3. The molecule has 1 fully saturated rings. The van der Waals surface area contributed by atoms with Crippen LogP contribution in [0.4, 0.5) is 5.82 Å². The molecule has 15 heavy (non-hydrogen) atoms. The highest BCUT2D eigenvalue weighted by Crippen LogP contribution is 2.21. The van der Waals surface area contributed by atoms with Crippen LogP contribution in [0.5, 0.6) is 0 Å². The fourth-order valence-corrected chi connectivity index (χ4v) is 1.84. The van der Waals surface area contributed by atoms with Crippen molar-refractivity contribution in [2.24, 2.45) is 0 Å². The molecule has 1 saturated heterocycles. The van der Waals surface area contributed by atoms with Gasteiger partial charge in [-0.2, -0.15) is 0 Å². The third-order valence-electron chi connectivity index (χ3n) is 2.90. The molecular weight excluding hydrogens is 186 g/mol. The summed E-state index contributed by atoms with van der Waals surface area (Å²) in [5.74, 6) is 1.57. The SMILES string of the molecule is Cc1cnc(NC2CNC2)cc1C(C)C. The van der Waals surface area contributed by atoms with Crippen LogP contribution in [0.15, 0.2) is 12.3 Å². The molecule has 2 N–H and O–H groups in total. The minimum absolute atomic E-state index is 0.556. The second-order valence-electron chi connectivity index (χ2n) is 4.58. The normalized spacial score (nSPS) is 16.5. The van der Waals surface area contributed by atoms with Crippen LogP contribution in [-0.4, -0.2) is 24.1 Å². The quantitative estimate of drug-likeness (QED) is 0.791. The number of nitrogens with one attached hydrogen (secondary N) is 2. The highest BCUT2D eigenvalue weighted by Gasteiger charge is 2.16. The van der Waals surface area contributed by atoms with Gasteiger partial charge in [-0.15, -0.1) is 0 Å². The maximum Gasteiger partial charge on any atom is 0.126 e. The lowest BCUT2D eigenvalue weighted by atomic mass is 10.00. The predicted octanol–water partition coefficient (Wildman–Crippen LogP) is 1.90. The van der Waals surface area contributed by atoms with Crippen molar-refractivity contribution >= 4 is 5.82 Å². The van der Waals surface area contributed by atoms with Gasteiger partial charge in [0.25, 0.3) is 0 Å². The van der Waals surface area contributed by atoms with E-state index < -0.39 is 0 Å². The molecule has 0 spiro atoms. The topological polar surface area (TPSA) is 37.0 Å². The lowest BCUT2D eigenvalue weighted by molar-refractivity contribution is 0.471. The molecule has 0 amide bonds. The first-order chi connectivity index (χ1) is 7.16. The molecule has 0 radical (unpaired) electrons. The predicted molar refractivity (Wildman–Crippen MR) is 63.3 cm³/mol. The number of nitrogens with zero attached hydrogens (tertiary/aromatic N) is 1. The summed E-state index contributed by atoms with van der Waals surface area (Å²) in [6.07, 6.45) is 1.96. The minimum atomic E-state index is 0.556. The molecule has 1 aliphatic rings. The Morgan fingerprint density at radius 1 is 1.47 bits per heavy atom. The monoisotopic (exact) mass is 205 g/mol. The zero-order chi connectivity index (χ0) is 10.8. The Morgan fingerprint density at radius 2 is 2.20 bits per heavy atom. The number of pyridine rings is 1. The molecule has 0 atom stereocenters. The van der Waals surface area contributed by atoms with Gasteiger partial charge in [0.1, 0.15) is 5.82 Å². The van der Waals surface area contributed by atoms with Gasteiger partial charge in [-0.1, -0.05) is 13.8 Å². The maximum absolute atomic E-state index is 4.40. The Labute approximate surface area is 91.3 Å². The molecule has 82 valence electrons. The van der Waals surface area contributed by atoms with Crippen molar-refractivity contribution in [1.29, 1.82) is 0 Å². The average Bonchev–Trinajstić information content (AvgIpc) is 2.13. The van der Waals surface area contributed by atoms with Gasteiger partial charge in [0, 0.05) is 19.3 Å². The lowest BCUT2D eigenvalue weighted by Gasteiger charge is -2.28. The second-order valence-corrected chi connectivity index (χ2v) is 4.58. The molecule has 0 saturated carbocycles. The number of hydrogen-bond donors (Lipinski definition) is 2. The van der Waals surface area contributed by atoms with Crippen LogP contribution >= 0.6 is 0 Å². The van der Waals surface area contributed by atoms with Gasteiger partial charge in [-0.05, 0) is 30.0 Å². The molecule has 1 aliphatic heterocycles. The first-order valence-electron chi connectivity index (χ1n) is 5.60. The molecule has 0 unspecified atom stereocenters. The van der Waals surface area contributed by atoms with Gasteiger partial charge in [0.2, 0.25) is 0 Å². The fraction of sp³-hybridized carbons (Fsp3) is 0.583. The van der Waals surface area contributed by atoms with Crippen LogP contribution in [0, 0.1) is 6.92 Å². The van der Waals surface area contributed by atoms with E-state index in [9.17, 15) is 0 Å². The Balaban J connectivity index is 2.14. The van der Waals surface area contributed by atoms with E-state index in [2.05, 4.69) is 42.5 Å². The van der Waals surface area contributed by atoms with Crippen molar-refractivity contribution in [2.45, 2.75) is 32.7 Å². The molecular formula is C12H19N3. The van der Waals surface area contributed by atoms with E-state index in [-0.39, 0.29) is 0 Å². The van der Waals surface area contributed by atoms with Crippen molar-refractivity contribution < 1.29 is 0 Å².